The predicted octanol–water partition coefficient (Wildman–Crippen LogP) is 5.72. The van der Waals surface area contributed by atoms with Crippen LogP contribution < -0.4 is 20.7 Å². The summed E-state index contributed by atoms with van der Waals surface area (Å²) in [5, 5.41) is 21.3. The molecule has 1 atom stereocenters. The third kappa shape index (κ3) is 8.74. The fourth-order valence-corrected chi connectivity index (χ4v) is 4.67. The summed E-state index contributed by atoms with van der Waals surface area (Å²) in [6.45, 7) is 4.87. The van der Waals surface area contributed by atoms with Crippen LogP contribution in [0.5, 0.6) is 5.75 Å². The first-order valence-corrected chi connectivity index (χ1v) is 13.7. The summed E-state index contributed by atoms with van der Waals surface area (Å²) < 4.78 is 6.11. The van der Waals surface area contributed by atoms with Gasteiger partial charge in [-0.1, -0.05) is 91.7 Å². The second-order valence-corrected chi connectivity index (χ2v) is 9.62. The second kappa shape index (κ2) is 15.2. The van der Waals surface area contributed by atoms with Crippen LogP contribution in [0.4, 0.5) is 5.69 Å². The number of fused-ring (bicyclic) bond motifs is 1. The van der Waals surface area contributed by atoms with Crippen LogP contribution in [0, 0.1) is 0 Å². The van der Waals surface area contributed by atoms with Crippen molar-refractivity contribution in [3.05, 3.63) is 101 Å². The molecule has 4 rings (SSSR count). The SMILES string of the molecule is O[C@@H](CNCCCCCCNCCc1ccccc1)c1ccc(OCc2ccccc2)c2c1C=CCN2. The van der Waals surface area contributed by atoms with Gasteiger partial charge in [-0.2, -0.15) is 0 Å². The minimum atomic E-state index is -0.560. The Morgan fingerprint density at radius 2 is 1.49 bits per heavy atom. The summed E-state index contributed by atoms with van der Waals surface area (Å²) >= 11 is 0. The number of nitrogens with one attached hydrogen (secondary N) is 3. The van der Waals surface area contributed by atoms with Gasteiger partial charge in [0, 0.05) is 18.7 Å². The van der Waals surface area contributed by atoms with E-state index in [-0.39, 0.29) is 0 Å². The lowest BCUT2D eigenvalue weighted by molar-refractivity contribution is 0.174. The molecule has 0 bridgehead atoms. The first-order chi connectivity index (χ1) is 18.3. The third-order valence-corrected chi connectivity index (χ3v) is 6.75. The van der Waals surface area contributed by atoms with Gasteiger partial charge in [0.1, 0.15) is 12.4 Å². The molecule has 0 fully saturated rings. The van der Waals surface area contributed by atoms with E-state index in [1.54, 1.807) is 0 Å². The molecule has 4 N–H and O–H groups in total. The van der Waals surface area contributed by atoms with Gasteiger partial charge < -0.3 is 25.8 Å². The Bertz CT molecular complexity index is 1090. The van der Waals surface area contributed by atoms with E-state index < -0.39 is 6.10 Å². The zero-order chi connectivity index (χ0) is 25.5. The smallest absolute Gasteiger partial charge is 0.143 e. The number of aliphatic hydroxyl groups excluding tert-OH is 1. The molecule has 1 aliphatic heterocycles. The Morgan fingerprint density at radius 3 is 2.24 bits per heavy atom. The maximum absolute atomic E-state index is 10.9. The molecule has 0 saturated carbocycles. The van der Waals surface area contributed by atoms with Crippen LogP contribution in [0.1, 0.15) is 54.0 Å². The van der Waals surface area contributed by atoms with Crippen LogP contribution in [-0.4, -0.2) is 37.8 Å². The highest BCUT2D eigenvalue weighted by atomic mass is 16.5. The summed E-state index contributed by atoms with van der Waals surface area (Å²) in [5.41, 5.74) is 5.44. The van der Waals surface area contributed by atoms with E-state index in [4.69, 9.17) is 4.74 Å². The molecule has 0 saturated heterocycles. The number of benzene rings is 3. The average molecular weight is 500 g/mol. The molecule has 0 aliphatic carbocycles. The molecule has 1 aliphatic rings. The van der Waals surface area contributed by atoms with Gasteiger partial charge in [-0.3, -0.25) is 0 Å². The van der Waals surface area contributed by atoms with Gasteiger partial charge in [-0.05, 0) is 61.7 Å². The molecule has 37 heavy (non-hydrogen) atoms. The first kappa shape index (κ1) is 26.9. The summed E-state index contributed by atoms with van der Waals surface area (Å²) in [5.74, 6) is 0.821. The van der Waals surface area contributed by atoms with Crippen LogP contribution in [-0.2, 0) is 13.0 Å². The molecule has 3 aromatic rings. The number of ether oxygens (including phenoxy) is 1. The van der Waals surface area contributed by atoms with E-state index in [0.29, 0.717) is 13.2 Å². The van der Waals surface area contributed by atoms with Crippen LogP contribution in [0.3, 0.4) is 0 Å². The van der Waals surface area contributed by atoms with Crippen molar-refractivity contribution in [1.82, 2.24) is 10.6 Å². The Labute approximate surface area is 222 Å². The summed E-state index contributed by atoms with van der Waals surface area (Å²) in [4.78, 5) is 0. The fourth-order valence-electron chi connectivity index (χ4n) is 4.67. The van der Waals surface area contributed by atoms with Crippen molar-refractivity contribution in [1.29, 1.82) is 0 Å². The first-order valence-electron chi connectivity index (χ1n) is 13.7. The number of aliphatic hydroxyl groups is 1. The van der Waals surface area contributed by atoms with E-state index in [1.165, 1.54) is 24.8 Å². The zero-order valence-electron chi connectivity index (χ0n) is 21.8. The topological polar surface area (TPSA) is 65.5 Å². The number of hydrogen-bond acceptors (Lipinski definition) is 5. The highest BCUT2D eigenvalue weighted by Crippen LogP contribution is 2.37. The number of hydrogen-bond donors (Lipinski definition) is 4. The van der Waals surface area contributed by atoms with E-state index in [9.17, 15) is 5.11 Å². The van der Waals surface area contributed by atoms with Crippen LogP contribution in [0.15, 0.2) is 78.9 Å². The lowest BCUT2D eigenvalue weighted by atomic mass is 9.97. The van der Waals surface area contributed by atoms with Crippen molar-refractivity contribution < 1.29 is 9.84 Å². The second-order valence-electron chi connectivity index (χ2n) is 9.62. The van der Waals surface area contributed by atoms with Crippen molar-refractivity contribution in [2.75, 3.05) is 38.0 Å². The Hall–Kier alpha value is -3.12. The number of anilines is 1. The van der Waals surface area contributed by atoms with E-state index >= 15 is 0 Å². The van der Waals surface area contributed by atoms with Crippen LogP contribution in [0.2, 0.25) is 0 Å². The molecular weight excluding hydrogens is 458 g/mol. The molecule has 1 heterocycles. The largest absolute Gasteiger partial charge is 0.487 e. The summed E-state index contributed by atoms with van der Waals surface area (Å²) in [6.07, 6.45) is 9.48. The molecule has 0 amide bonds. The van der Waals surface area contributed by atoms with Crippen molar-refractivity contribution in [3.8, 4) is 5.75 Å². The van der Waals surface area contributed by atoms with Gasteiger partial charge in [0.25, 0.3) is 0 Å². The average Bonchev–Trinajstić information content (AvgIpc) is 2.95. The molecule has 5 nitrogen and oxygen atoms in total. The molecular formula is C32H41N3O2. The van der Waals surface area contributed by atoms with Gasteiger partial charge in [0.05, 0.1) is 11.8 Å². The molecule has 0 unspecified atom stereocenters. The highest BCUT2D eigenvalue weighted by Gasteiger charge is 2.19. The van der Waals surface area contributed by atoms with Crippen LogP contribution in [0.25, 0.3) is 6.08 Å². The molecule has 5 heteroatoms. The van der Waals surface area contributed by atoms with Crippen molar-refractivity contribution in [2.24, 2.45) is 0 Å². The number of rotatable bonds is 16. The molecule has 3 aromatic carbocycles. The number of unbranched alkanes of at least 4 members (excludes halogenated alkanes) is 3. The van der Waals surface area contributed by atoms with Gasteiger partial charge >= 0.3 is 0 Å². The lowest BCUT2D eigenvalue weighted by Gasteiger charge is -2.23. The minimum absolute atomic E-state index is 0.520. The van der Waals surface area contributed by atoms with Gasteiger partial charge in [-0.25, -0.2) is 0 Å². The van der Waals surface area contributed by atoms with E-state index in [0.717, 1.165) is 67.1 Å². The highest BCUT2D eigenvalue weighted by molar-refractivity contribution is 5.78. The molecule has 196 valence electrons. The predicted molar refractivity (Wildman–Crippen MR) is 154 cm³/mol. The normalized spacial score (nSPS) is 13.1. The quantitative estimate of drug-likeness (QED) is 0.190. The standard InChI is InChI=1S/C32H41N3O2/c36-30(24-34-21-10-2-1-9-20-33-23-19-26-12-5-3-6-13-26)28-17-18-31(32-29(28)16-11-22-35-32)37-25-27-14-7-4-8-15-27/h3-8,11-18,30,33-36H,1-2,9-10,19-25H2/t30-/m0/s1. The van der Waals surface area contributed by atoms with Gasteiger partial charge in [0.2, 0.25) is 0 Å². The maximum Gasteiger partial charge on any atom is 0.143 e. The summed E-state index contributed by atoms with van der Waals surface area (Å²) in [7, 11) is 0. The Morgan fingerprint density at radius 1 is 0.784 bits per heavy atom. The van der Waals surface area contributed by atoms with Gasteiger partial charge in [0.15, 0.2) is 0 Å². The molecule has 0 radical (unpaired) electrons. The van der Waals surface area contributed by atoms with Crippen LogP contribution >= 0.6 is 0 Å². The molecule has 0 aromatic heterocycles. The summed E-state index contributed by atoms with van der Waals surface area (Å²) in [6, 6.07) is 24.8. The maximum atomic E-state index is 10.9. The Kier molecular flexibility index (Phi) is 11.1. The van der Waals surface area contributed by atoms with Crippen molar-refractivity contribution in [2.45, 2.75) is 44.8 Å². The Balaban J connectivity index is 1.12. The minimum Gasteiger partial charge on any atom is -0.487 e. The lowest BCUT2D eigenvalue weighted by Crippen LogP contribution is -2.23. The monoisotopic (exact) mass is 499 g/mol. The zero-order valence-corrected chi connectivity index (χ0v) is 21.8. The molecule has 0 spiro atoms. The van der Waals surface area contributed by atoms with E-state index in [1.807, 2.05) is 30.3 Å². The fraction of sp³-hybridized carbons (Fsp3) is 0.375. The van der Waals surface area contributed by atoms with Crippen molar-refractivity contribution >= 4 is 11.8 Å². The van der Waals surface area contributed by atoms with Crippen molar-refractivity contribution in [3.63, 3.8) is 0 Å². The third-order valence-electron chi connectivity index (χ3n) is 6.75. The van der Waals surface area contributed by atoms with E-state index in [2.05, 4.69) is 70.6 Å². The van der Waals surface area contributed by atoms with Gasteiger partial charge in [-0.15, -0.1) is 0 Å².